The molecule has 0 amide bonds. The number of esters is 1. The number of halogens is 1. The summed E-state index contributed by atoms with van der Waals surface area (Å²) in [5.74, 6) is -0.810. The highest BCUT2D eigenvalue weighted by molar-refractivity contribution is 5.95. The Morgan fingerprint density at radius 1 is 1.31 bits per heavy atom. The average molecular weight is 357 g/mol. The van der Waals surface area contributed by atoms with Crippen LogP contribution in [0.2, 0.25) is 0 Å². The van der Waals surface area contributed by atoms with Gasteiger partial charge in [0.25, 0.3) is 0 Å². The Morgan fingerprint density at radius 3 is 2.69 bits per heavy atom. The van der Waals surface area contributed by atoms with Crippen LogP contribution in [0.1, 0.15) is 29.9 Å². The third-order valence-electron chi connectivity index (χ3n) is 4.58. The molecule has 6 heteroatoms. The summed E-state index contributed by atoms with van der Waals surface area (Å²) >= 11 is 0. The molecule has 26 heavy (non-hydrogen) atoms. The van der Waals surface area contributed by atoms with Gasteiger partial charge in [0.2, 0.25) is 0 Å². The Morgan fingerprint density at radius 2 is 2.04 bits per heavy atom. The molecule has 138 valence electrons. The van der Waals surface area contributed by atoms with E-state index < -0.39 is 5.97 Å². The van der Waals surface area contributed by atoms with Crippen LogP contribution in [0.4, 0.5) is 4.39 Å². The highest BCUT2D eigenvalue weighted by Gasteiger charge is 2.22. The molecule has 1 N–H and O–H groups in total. The van der Waals surface area contributed by atoms with E-state index in [2.05, 4.69) is 29.0 Å². The lowest BCUT2D eigenvalue weighted by Gasteiger charge is -2.36. The Labute approximate surface area is 153 Å². The van der Waals surface area contributed by atoms with Gasteiger partial charge in [0, 0.05) is 49.0 Å². The van der Waals surface area contributed by atoms with Gasteiger partial charge in [-0.1, -0.05) is 18.2 Å². The number of hydrogen-bond donors (Lipinski definition) is 1. The van der Waals surface area contributed by atoms with Gasteiger partial charge in [-0.2, -0.15) is 0 Å². The van der Waals surface area contributed by atoms with Gasteiger partial charge >= 0.3 is 5.97 Å². The van der Waals surface area contributed by atoms with Crippen LogP contribution in [0.25, 0.3) is 11.1 Å². The summed E-state index contributed by atoms with van der Waals surface area (Å²) in [6, 6.07) is 9.32. The zero-order valence-electron chi connectivity index (χ0n) is 15.3. The van der Waals surface area contributed by atoms with Crippen molar-refractivity contribution in [1.29, 1.82) is 0 Å². The predicted molar refractivity (Wildman–Crippen MR) is 98.3 cm³/mol. The molecule has 5 nitrogen and oxygen atoms in total. The molecule has 2 heterocycles. The smallest absolute Gasteiger partial charge is 0.357 e. The van der Waals surface area contributed by atoms with E-state index in [1.54, 1.807) is 18.2 Å². The number of methoxy groups -OCH3 is 1. The van der Waals surface area contributed by atoms with Crippen LogP contribution < -0.4 is 5.32 Å². The van der Waals surface area contributed by atoms with E-state index in [1.165, 1.54) is 19.4 Å². The number of piperazine rings is 1. The number of nitrogens with zero attached hydrogens (tertiary/aromatic N) is 2. The Kier molecular flexibility index (Phi) is 5.64. The lowest BCUT2D eigenvalue weighted by Crippen LogP contribution is -2.53. The Bertz CT molecular complexity index is 786. The molecule has 0 saturated carbocycles. The second kappa shape index (κ2) is 7.93. The maximum absolute atomic E-state index is 14.7. The van der Waals surface area contributed by atoms with E-state index in [1.807, 2.05) is 6.07 Å². The minimum Gasteiger partial charge on any atom is -0.464 e. The molecule has 1 aliphatic rings. The lowest BCUT2D eigenvalue weighted by atomic mass is 10.0. The molecule has 1 unspecified atom stereocenters. The van der Waals surface area contributed by atoms with Crippen molar-refractivity contribution in [2.75, 3.05) is 20.2 Å². The molecule has 2 aromatic rings. The third kappa shape index (κ3) is 4.08. The summed E-state index contributed by atoms with van der Waals surface area (Å²) < 4.78 is 19.5. The largest absolute Gasteiger partial charge is 0.464 e. The van der Waals surface area contributed by atoms with Gasteiger partial charge in [0.1, 0.15) is 5.82 Å². The zero-order chi connectivity index (χ0) is 18.7. The van der Waals surface area contributed by atoms with Crippen molar-refractivity contribution >= 4 is 5.97 Å². The predicted octanol–water partition coefficient (Wildman–Crippen LogP) is 2.86. The van der Waals surface area contributed by atoms with Gasteiger partial charge in [-0.3, -0.25) is 4.90 Å². The van der Waals surface area contributed by atoms with Crippen LogP contribution in [0, 0.1) is 5.82 Å². The van der Waals surface area contributed by atoms with Crippen LogP contribution in [0.3, 0.4) is 0 Å². The first kappa shape index (κ1) is 18.5. The summed E-state index contributed by atoms with van der Waals surface area (Å²) in [5, 5.41) is 3.48. The second-order valence-corrected chi connectivity index (χ2v) is 6.86. The van der Waals surface area contributed by atoms with Crippen molar-refractivity contribution < 1.29 is 13.9 Å². The fourth-order valence-corrected chi connectivity index (χ4v) is 3.55. The van der Waals surface area contributed by atoms with Crippen molar-refractivity contribution in [3.63, 3.8) is 0 Å². The van der Waals surface area contributed by atoms with Crippen molar-refractivity contribution in [2.45, 2.75) is 32.5 Å². The molecule has 2 atom stereocenters. The first-order valence-electron chi connectivity index (χ1n) is 8.78. The maximum Gasteiger partial charge on any atom is 0.357 e. The number of benzene rings is 1. The van der Waals surface area contributed by atoms with Crippen LogP contribution in [-0.4, -0.2) is 48.1 Å². The van der Waals surface area contributed by atoms with E-state index >= 15 is 0 Å². The van der Waals surface area contributed by atoms with Crippen molar-refractivity contribution in [3.8, 4) is 11.1 Å². The molecule has 1 aromatic carbocycles. The summed E-state index contributed by atoms with van der Waals surface area (Å²) in [4.78, 5) is 18.2. The Hall–Kier alpha value is -2.31. The number of carbonyl (C=O) groups excluding carboxylic acids is 1. The molecule has 1 aliphatic heterocycles. The van der Waals surface area contributed by atoms with Gasteiger partial charge in [0.15, 0.2) is 5.69 Å². The fraction of sp³-hybridized carbons (Fsp3) is 0.400. The number of ether oxygens (including phenoxy) is 1. The molecule has 3 rings (SSSR count). The second-order valence-electron chi connectivity index (χ2n) is 6.86. The molecule has 1 aromatic heterocycles. The highest BCUT2D eigenvalue weighted by Crippen LogP contribution is 2.25. The quantitative estimate of drug-likeness (QED) is 0.853. The zero-order valence-corrected chi connectivity index (χ0v) is 15.3. The number of hydrogen-bond acceptors (Lipinski definition) is 5. The summed E-state index contributed by atoms with van der Waals surface area (Å²) in [6.07, 6.45) is 1.52. The first-order valence-corrected chi connectivity index (χ1v) is 8.78. The molecule has 0 spiro atoms. The van der Waals surface area contributed by atoms with Gasteiger partial charge < -0.3 is 10.1 Å². The van der Waals surface area contributed by atoms with Gasteiger partial charge in [-0.15, -0.1) is 0 Å². The SMILES string of the molecule is COC(=O)c1ncccc1-c1ccc(CN2CC(C)N[C@@H](C)C2)c(F)c1. The topological polar surface area (TPSA) is 54.5 Å². The summed E-state index contributed by atoms with van der Waals surface area (Å²) in [6.45, 7) is 6.62. The highest BCUT2D eigenvalue weighted by atomic mass is 19.1. The molecule has 0 aliphatic carbocycles. The standard InChI is InChI=1S/C20H24FN3O2/c1-13-10-24(11-14(2)23-13)12-16-7-6-15(9-18(16)21)17-5-4-8-22-19(17)20(25)26-3/h4-9,13-14,23H,10-12H2,1-3H3/t13-,14?/m0/s1. The number of aromatic nitrogens is 1. The molecular formula is C20H24FN3O2. The van der Waals surface area contributed by atoms with E-state index in [0.29, 0.717) is 35.3 Å². The Balaban J connectivity index is 1.83. The normalized spacial score (nSPS) is 20.8. The monoisotopic (exact) mass is 357 g/mol. The van der Waals surface area contributed by atoms with Crippen molar-refractivity contribution in [3.05, 3.63) is 53.6 Å². The van der Waals surface area contributed by atoms with Crippen molar-refractivity contribution in [1.82, 2.24) is 15.2 Å². The van der Waals surface area contributed by atoms with Crippen molar-refractivity contribution in [2.24, 2.45) is 0 Å². The lowest BCUT2D eigenvalue weighted by molar-refractivity contribution is 0.0595. The average Bonchev–Trinajstić information content (AvgIpc) is 2.62. The third-order valence-corrected chi connectivity index (χ3v) is 4.58. The molecule has 1 fully saturated rings. The van der Waals surface area contributed by atoms with Gasteiger partial charge in [-0.25, -0.2) is 14.2 Å². The molecular weight excluding hydrogens is 333 g/mol. The number of pyridine rings is 1. The number of rotatable bonds is 4. The maximum atomic E-state index is 14.7. The molecule has 0 radical (unpaired) electrons. The van der Waals surface area contributed by atoms with Crippen LogP contribution in [-0.2, 0) is 11.3 Å². The van der Waals surface area contributed by atoms with Gasteiger partial charge in [-0.05, 0) is 31.5 Å². The van der Waals surface area contributed by atoms with E-state index in [9.17, 15) is 9.18 Å². The first-order chi connectivity index (χ1) is 12.5. The van der Waals surface area contributed by atoms with Crippen LogP contribution >= 0.6 is 0 Å². The number of nitrogens with one attached hydrogen (secondary N) is 1. The fourth-order valence-electron chi connectivity index (χ4n) is 3.55. The van der Waals surface area contributed by atoms with Gasteiger partial charge in [0.05, 0.1) is 7.11 Å². The van der Waals surface area contributed by atoms with Crippen LogP contribution in [0.15, 0.2) is 36.5 Å². The number of carbonyl (C=O) groups is 1. The molecule has 0 bridgehead atoms. The van der Waals surface area contributed by atoms with E-state index in [0.717, 1.165) is 13.1 Å². The minimum absolute atomic E-state index is 0.187. The van der Waals surface area contributed by atoms with Crippen LogP contribution in [0.5, 0.6) is 0 Å². The van der Waals surface area contributed by atoms with E-state index in [4.69, 9.17) is 4.74 Å². The molecule has 1 saturated heterocycles. The van der Waals surface area contributed by atoms with E-state index in [-0.39, 0.29) is 11.5 Å². The summed E-state index contributed by atoms with van der Waals surface area (Å²) in [7, 11) is 1.31. The summed E-state index contributed by atoms with van der Waals surface area (Å²) in [5.41, 5.74) is 2.02. The minimum atomic E-state index is -0.533.